The summed E-state index contributed by atoms with van der Waals surface area (Å²) in [5.41, 5.74) is 2.13. The summed E-state index contributed by atoms with van der Waals surface area (Å²) >= 11 is 3.27. The van der Waals surface area contributed by atoms with Crippen molar-refractivity contribution in [2.75, 3.05) is 0 Å². The van der Waals surface area contributed by atoms with E-state index in [1.54, 1.807) is 22.7 Å². The third-order valence-corrected chi connectivity index (χ3v) is 3.92. The zero-order chi connectivity index (χ0) is 11.0. The fourth-order valence-electron chi connectivity index (χ4n) is 1.48. The van der Waals surface area contributed by atoms with E-state index in [-0.39, 0.29) is 0 Å². The zero-order valence-electron chi connectivity index (χ0n) is 8.62. The minimum atomic E-state index is 0.971. The molecule has 0 fully saturated rings. The van der Waals surface area contributed by atoms with Crippen LogP contribution >= 0.6 is 22.7 Å². The average molecular weight is 247 g/mol. The number of nitrogens with zero attached hydrogens (tertiary/aromatic N) is 3. The smallest absolute Gasteiger partial charge is 0.142 e. The Morgan fingerprint density at radius 2 is 2.19 bits per heavy atom. The number of hydrogen-bond acceptors (Lipinski definition) is 4. The van der Waals surface area contributed by atoms with Crippen LogP contribution in [-0.2, 0) is 7.05 Å². The first-order valence-electron chi connectivity index (χ1n) is 4.80. The van der Waals surface area contributed by atoms with Gasteiger partial charge in [0.15, 0.2) is 0 Å². The highest BCUT2D eigenvalue weighted by molar-refractivity contribution is 7.15. The van der Waals surface area contributed by atoms with Crippen LogP contribution in [0.3, 0.4) is 0 Å². The molecule has 16 heavy (non-hydrogen) atoms. The fourth-order valence-corrected chi connectivity index (χ4v) is 2.95. The minimum absolute atomic E-state index is 0.971. The Hall–Kier alpha value is -1.46. The maximum absolute atomic E-state index is 4.59. The summed E-state index contributed by atoms with van der Waals surface area (Å²) in [6.45, 7) is 0. The van der Waals surface area contributed by atoms with E-state index < -0.39 is 0 Å². The fraction of sp³-hybridized carbons (Fsp3) is 0.0909. The van der Waals surface area contributed by atoms with E-state index in [9.17, 15) is 0 Å². The molecule has 80 valence electrons. The number of thiazole rings is 2. The predicted octanol–water partition coefficient (Wildman–Crippen LogP) is 3.27. The van der Waals surface area contributed by atoms with Crippen molar-refractivity contribution in [3.05, 3.63) is 35.4 Å². The van der Waals surface area contributed by atoms with Crippen LogP contribution < -0.4 is 0 Å². The van der Waals surface area contributed by atoms with Crippen LogP contribution in [0.1, 0.15) is 0 Å². The van der Waals surface area contributed by atoms with E-state index in [1.807, 2.05) is 29.4 Å². The molecule has 0 atom stereocenters. The molecule has 3 aromatic heterocycles. The first-order valence-corrected chi connectivity index (χ1v) is 6.56. The normalized spacial score (nSPS) is 10.8. The van der Waals surface area contributed by atoms with Gasteiger partial charge in [-0.3, -0.25) is 0 Å². The molecule has 0 aromatic carbocycles. The van der Waals surface area contributed by atoms with Gasteiger partial charge in [-0.05, 0) is 6.07 Å². The first kappa shape index (κ1) is 9.74. The molecular formula is C11H9N3S2. The molecule has 0 spiro atoms. The van der Waals surface area contributed by atoms with E-state index in [0.717, 1.165) is 21.3 Å². The van der Waals surface area contributed by atoms with Crippen molar-refractivity contribution in [3.63, 3.8) is 0 Å². The molecule has 0 radical (unpaired) electrons. The molecule has 0 aliphatic heterocycles. The highest BCUT2D eigenvalue weighted by Gasteiger charge is 2.08. The summed E-state index contributed by atoms with van der Waals surface area (Å²) < 4.78 is 2.03. The molecule has 3 rings (SSSR count). The van der Waals surface area contributed by atoms with Gasteiger partial charge in [-0.15, -0.1) is 22.7 Å². The molecule has 3 heterocycles. The maximum Gasteiger partial charge on any atom is 0.142 e. The molecule has 0 bridgehead atoms. The Balaban J connectivity index is 2.00. The SMILES string of the molecule is Cn1ccc(-c2nc(-c3nccs3)cs2)c1. The highest BCUT2D eigenvalue weighted by atomic mass is 32.1. The number of aromatic nitrogens is 3. The quantitative estimate of drug-likeness (QED) is 0.696. The van der Waals surface area contributed by atoms with Crippen LogP contribution in [0.2, 0.25) is 0 Å². The van der Waals surface area contributed by atoms with Gasteiger partial charge in [0.2, 0.25) is 0 Å². The number of rotatable bonds is 2. The second-order valence-electron chi connectivity index (χ2n) is 3.44. The minimum Gasteiger partial charge on any atom is -0.357 e. The molecular weight excluding hydrogens is 238 g/mol. The summed E-state index contributed by atoms with van der Waals surface area (Å²) in [5.74, 6) is 0. The molecule has 5 heteroatoms. The van der Waals surface area contributed by atoms with Gasteiger partial charge in [0.1, 0.15) is 15.7 Å². The predicted molar refractivity (Wildman–Crippen MR) is 67.6 cm³/mol. The van der Waals surface area contributed by atoms with Crippen molar-refractivity contribution in [2.45, 2.75) is 0 Å². The summed E-state index contributed by atoms with van der Waals surface area (Å²) in [7, 11) is 2.01. The Bertz CT molecular complexity index is 592. The second-order valence-corrected chi connectivity index (χ2v) is 5.19. The van der Waals surface area contributed by atoms with Gasteiger partial charge < -0.3 is 4.57 Å². The first-order chi connectivity index (χ1) is 7.83. The Morgan fingerprint density at radius 1 is 1.25 bits per heavy atom. The van der Waals surface area contributed by atoms with E-state index in [2.05, 4.69) is 27.6 Å². The van der Waals surface area contributed by atoms with Crippen molar-refractivity contribution in [1.29, 1.82) is 0 Å². The van der Waals surface area contributed by atoms with E-state index in [0.29, 0.717) is 0 Å². The van der Waals surface area contributed by atoms with Gasteiger partial charge in [0.05, 0.1) is 0 Å². The van der Waals surface area contributed by atoms with Crippen LogP contribution in [0.25, 0.3) is 21.3 Å². The number of hydrogen-bond donors (Lipinski definition) is 0. The lowest BCUT2D eigenvalue weighted by Gasteiger charge is -1.89. The monoisotopic (exact) mass is 247 g/mol. The van der Waals surface area contributed by atoms with E-state index in [4.69, 9.17) is 0 Å². The van der Waals surface area contributed by atoms with Crippen molar-refractivity contribution in [1.82, 2.24) is 14.5 Å². The molecule has 0 N–H and O–H groups in total. The van der Waals surface area contributed by atoms with Gasteiger partial charge in [0, 0.05) is 42.0 Å². The van der Waals surface area contributed by atoms with Crippen LogP contribution in [0, 0.1) is 0 Å². The second kappa shape index (κ2) is 3.84. The molecule has 0 saturated carbocycles. The lowest BCUT2D eigenvalue weighted by Crippen LogP contribution is -1.79. The molecule has 0 saturated heterocycles. The van der Waals surface area contributed by atoms with E-state index >= 15 is 0 Å². The summed E-state index contributed by atoms with van der Waals surface area (Å²) in [6, 6.07) is 2.07. The lowest BCUT2D eigenvalue weighted by atomic mass is 10.3. The summed E-state index contributed by atoms with van der Waals surface area (Å²) in [6.07, 6.45) is 5.91. The van der Waals surface area contributed by atoms with Gasteiger partial charge in [0.25, 0.3) is 0 Å². The molecule has 0 aliphatic carbocycles. The highest BCUT2D eigenvalue weighted by Crippen LogP contribution is 2.29. The molecule has 0 unspecified atom stereocenters. The molecule has 0 amide bonds. The van der Waals surface area contributed by atoms with Crippen molar-refractivity contribution in [3.8, 4) is 21.3 Å². The van der Waals surface area contributed by atoms with Crippen LogP contribution in [0.4, 0.5) is 0 Å². The van der Waals surface area contributed by atoms with Gasteiger partial charge in [-0.25, -0.2) is 9.97 Å². The van der Waals surface area contributed by atoms with Gasteiger partial charge in [-0.1, -0.05) is 0 Å². The standard InChI is InChI=1S/C11H9N3S2/c1-14-4-2-8(6-14)10-13-9(7-16-10)11-12-3-5-15-11/h2-7H,1H3. The van der Waals surface area contributed by atoms with Crippen LogP contribution in [0.15, 0.2) is 35.4 Å². The van der Waals surface area contributed by atoms with Gasteiger partial charge >= 0.3 is 0 Å². The van der Waals surface area contributed by atoms with Crippen molar-refractivity contribution >= 4 is 22.7 Å². The maximum atomic E-state index is 4.59. The van der Waals surface area contributed by atoms with Gasteiger partial charge in [-0.2, -0.15) is 0 Å². The Labute approximate surface area is 101 Å². The third-order valence-electron chi connectivity index (χ3n) is 2.23. The molecule has 3 nitrogen and oxygen atoms in total. The molecule has 3 aromatic rings. The third kappa shape index (κ3) is 1.68. The largest absolute Gasteiger partial charge is 0.357 e. The Kier molecular flexibility index (Phi) is 2.34. The summed E-state index contributed by atoms with van der Waals surface area (Å²) in [4.78, 5) is 8.85. The topological polar surface area (TPSA) is 30.7 Å². The lowest BCUT2D eigenvalue weighted by molar-refractivity contribution is 0.928. The van der Waals surface area contributed by atoms with Crippen molar-refractivity contribution < 1.29 is 0 Å². The zero-order valence-corrected chi connectivity index (χ0v) is 10.3. The van der Waals surface area contributed by atoms with Crippen molar-refractivity contribution in [2.24, 2.45) is 7.05 Å². The summed E-state index contributed by atoms with van der Waals surface area (Å²) in [5, 5.41) is 6.06. The average Bonchev–Trinajstić information content (AvgIpc) is 2.97. The molecule has 0 aliphatic rings. The van der Waals surface area contributed by atoms with Crippen LogP contribution in [0.5, 0.6) is 0 Å². The van der Waals surface area contributed by atoms with Crippen LogP contribution in [-0.4, -0.2) is 14.5 Å². The van der Waals surface area contributed by atoms with E-state index in [1.165, 1.54) is 0 Å². The Morgan fingerprint density at radius 3 is 2.88 bits per heavy atom. The number of aryl methyl sites for hydroxylation is 1.